The van der Waals surface area contributed by atoms with Gasteiger partial charge < -0.3 is 61.7 Å². The highest BCUT2D eigenvalue weighted by molar-refractivity contribution is 6.75. The topological polar surface area (TPSA) is 154 Å². The van der Waals surface area contributed by atoms with E-state index in [0.29, 0.717) is 104 Å². The van der Waals surface area contributed by atoms with E-state index in [2.05, 4.69) is 0 Å². The molecule has 0 amide bonds. The van der Waals surface area contributed by atoms with Crippen LogP contribution in [0.15, 0.2) is 0 Å². The summed E-state index contributed by atoms with van der Waals surface area (Å²) in [4.78, 5) is 0. The minimum atomic E-state index is -3.32. The standard InChI is InChI=1S/C20H44N2O11Si2/c21-3-1-17-34(29-13-9-23-5-7-25-19-27-11-15-31-34)33-35(18-2-4-22)30-14-10-24-6-8-26-20-28-12-16-32-35/h1-22H2. The van der Waals surface area contributed by atoms with Crippen molar-refractivity contribution in [3.63, 3.8) is 0 Å². The van der Waals surface area contributed by atoms with Crippen LogP contribution in [-0.2, 0) is 50.2 Å². The lowest BCUT2D eigenvalue weighted by Crippen LogP contribution is -2.60. The zero-order chi connectivity index (χ0) is 24.9. The normalized spacial score (nSPS) is 30.0. The number of hydrogen-bond acceptors (Lipinski definition) is 13. The molecule has 2 saturated heterocycles. The van der Waals surface area contributed by atoms with Crippen molar-refractivity contribution >= 4 is 17.6 Å². The fourth-order valence-corrected chi connectivity index (χ4v) is 10.5. The first-order valence-corrected chi connectivity index (χ1v) is 16.2. The molecule has 0 aromatic rings. The Balaban J connectivity index is 2.22. The van der Waals surface area contributed by atoms with Gasteiger partial charge in [0.05, 0.1) is 79.3 Å². The van der Waals surface area contributed by atoms with Gasteiger partial charge in [-0.2, -0.15) is 0 Å². The van der Waals surface area contributed by atoms with Gasteiger partial charge in [-0.3, -0.25) is 0 Å². The largest absolute Gasteiger partial charge is 0.493 e. The molecule has 2 aliphatic rings. The number of nitrogens with two attached hydrogens (primary N) is 2. The second-order valence-electron chi connectivity index (χ2n) is 7.74. The van der Waals surface area contributed by atoms with Gasteiger partial charge in [0.1, 0.15) is 13.6 Å². The molecule has 0 aromatic heterocycles. The van der Waals surface area contributed by atoms with Crippen molar-refractivity contribution in [2.24, 2.45) is 11.5 Å². The Bertz CT molecular complexity index is 444. The second-order valence-corrected chi connectivity index (χ2v) is 13.4. The van der Waals surface area contributed by atoms with E-state index in [1.165, 1.54) is 0 Å². The van der Waals surface area contributed by atoms with Crippen LogP contribution in [0.2, 0.25) is 12.1 Å². The molecule has 35 heavy (non-hydrogen) atoms. The maximum absolute atomic E-state index is 6.78. The van der Waals surface area contributed by atoms with Crippen molar-refractivity contribution in [3.05, 3.63) is 0 Å². The summed E-state index contributed by atoms with van der Waals surface area (Å²) in [6.07, 6.45) is 1.31. The first-order valence-electron chi connectivity index (χ1n) is 12.4. The van der Waals surface area contributed by atoms with Crippen LogP contribution in [0, 0.1) is 0 Å². The third-order valence-electron chi connectivity index (χ3n) is 4.96. The van der Waals surface area contributed by atoms with Crippen LogP contribution >= 0.6 is 0 Å². The fraction of sp³-hybridized carbons (Fsp3) is 1.00. The van der Waals surface area contributed by atoms with Gasteiger partial charge in [-0.15, -0.1) is 0 Å². The van der Waals surface area contributed by atoms with Crippen LogP contribution in [0.25, 0.3) is 0 Å². The molecule has 2 aliphatic heterocycles. The summed E-state index contributed by atoms with van der Waals surface area (Å²) in [6.45, 7) is 5.54. The average molecular weight is 545 g/mol. The van der Waals surface area contributed by atoms with Crippen LogP contribution in [0.1, 0.15) is 12.8 Å². The predicted molar refractivity (Wildman–Crippen MR) is 129 cm³/mol. The highest BCUT2D eigenvalue weighted by Crippen LogP contribution is 2.28. The van der Waals surface area contributed by atoms with E-state index < -0.39 is 17.6 Å². The molecule has 4 N–H and O–H groups in total. The zero-order valence-corrected chi connectivity index (χ0v) is 22.8. The van der Waals surface area contributed by atoms with Gasteiger partial charge in [0.25, 0.3) is 0 Å². The van der Waals surface area contributed by atoms with Crippen LogP contribution in [-0.4, -0.2) is 124 Å². The second kappa shape index (κ2) is 19.9. The molecule has 0 aromatic carbocycles. The number of hydrogen-bond donors (Lipinski definition) is 2. The van der Waals surface area contributed by atoms with Crippen molar-refractivity contribution < 1.29 is 50.2 Å². The van der Waals surface area contributed by atoms with E-state index in [9.17, 15) is 0 Å². The van der Waals surface area contributed by atoms with Gasteiger partial charge in [0.2, 0.25) is 0 Å². The summed E-state index contributed by atoms with van der Waals surface area (Å²) in [5.41, 5.74) is 11.7. The summed E-state index contributed by atoms with van der Waals surface area (Å²) >= 11 is 0. The molecule has 2 unspecified atom stereocenters. The van der Waals surface area contributed by atoms with Crippen molar-refractivity contribution in [2.45, 2.75) is 24.9 Å². The number of rotatable bonds is 8. The smallest absolute Gasteiger partial charge is 0.377 e. The lowest BCUT2D eigenvalue weighted by Gasteiger charge is -2.38. The molecule has 2 rings (SSSR count). The van der Waals surface area contributed by atoms with Crippen molar-refractivity contribution in [3.8, 4) is 0 Å². The van der Waals surface area contributed by atoms with Crippen molar-refractivity contribution in [1.82, 2.24) is 0 Å². The van der Waals surface area contributed by atoms with Crippen molar-refractivity contribution in [1.29, 1.82) is 0 Å². The van der Waals surface area contributed by atoms with E-state index in [4.69, 9.17) is 61.7 Å². The molecule has 2 heterocycles. The third-order valence-corrected chi connectivity index (χ3v) is 12.0. The van der Waals surface area contributed by atoms with Gasteiger partial charge in [-0.1, -0.05) is 0 Å². The van der Waals surface area contributed by atoms with Gasteiger partial charge in [-0.05, 0) is 25.9 Å². The van der Waals surface area contributed by atoms with E-state index in [1.807, 2.05) is 0 Å². The molecule has 208 valence electrons. The molecular formula is C20H44N2O11Si2. The van der Waals surface area contributed by atoms with Crippen molar-refractivity contribution in [2.75, 3.05) is 106 Å². The summed E-state index contributed by atoms with van der Waals surface area (Å²) in [7, 11) is -6.64. The first-order chi connectivity index (χ1) is 17.2. The Morgan fingerprint density at radius 1 is 0.457 bits per heavy atom. The monoisotopic (exact) mass is 544 g/mol. The molecule has 2 fully saturated rings. The molecule has 13 nitrogen and oxygen atoms in total. The lowest BCUT2D eigenvalue weighted by molar-refractivity contribution is -0.0757. The Hall–Kier alpha value is -0.0862. The van der Waals surface area contributed by atoms with Gasteiger partial charge >= 0.3 is 17.6 Å². The maximum Gasteiger partial charge on any atom is 0.493 e. The number of ether oxygens (including phenoxy) is 6. The highest BCUT2D eigenvalue weighted by atomic mass is 28.5. The molecule has 15 heteroatoms. The Kier molecular flexibility index (Phi) is 17.7. The predicted octanol–water partition coefficient (Wildman–Crippen LogP) is -0.313. The molecule has 2 atom stereocenters. The minimum Gasteiger partial charge on any atom is -0.377 e. The van der Waals surface area contributed by atoms with Crippen LogP contribution < -0.4 is 11.5 Å². The quantitative estimate of drug-likeness (QED) is 0.384. The van der Waals surface area contributed by atoms with Gasteiger partial charge in [0.15, 0.2) is 0 Å². The van der Waals surface area contributed by atoms with E-state index in [0.717, 1.165) is 0 Å². The summed E-state index contributed by atoms with van der Waals surface area (Å²) < 4.78 is 65.0. The Morgan fingerprint density at radius 2 is 0.771 bits per heavy atom. The molecule has 0 radical (unpaired) electrons. The first kappa shape index (κ1) is 31.1. The lowest BCUT2D eigenvalue weighted by atomic mass is 10.5. The zero-order valence-electron chi connectivity index (χ0n) is 20.8. The Morgan fingerprint density at radius 3 is 1.14 bits per heavy atom. The van der Waals surface area contributed by atoms with E-state index in [1.54, 1.807) is 0 Å². The van der Waals surface area contributed by atoms with Crippen LogP contribution in [0.3, 0.4) is 0 Å². The molecule has 0 aliphatic carbocycles. The average Bonchev–Trinajstić information content (AvgIpc) is 2.90. The minimum absolute atomic E-state index is 0.164. The van der Waals surface area contributed by atoms with Crippen LogP contribution in [0.5, 0.6) is 0 Å². The molecule has 0 spiro atoms. The summed E-state index contributed by atoms with van der Waals surface area (Å²) in [6, 6.07) is 1.01. The van der Waals surface area contributed by atoms with Gasteiger partial charge in [-0.25, -0.2) is 0 Å². The summed E-state index contributed by atoms with van der Waals surface area (Å²) in [5, 5.41) is 0. The fourth-order valence-electron chi connectivity index (χ4n) is 3.28. The molecule has 0 bridgehead atoms. The highest BCUT2D eigenvalue weighted by Gasteiger charge is 2.53. The SMILES string of the molecule is NCCC[Si]1(O[Si]2(CCCN)OCCOCCOCOCCO2)OCCOCCOCOCCO1. The Labute approximate surface area is 210 Å². The summed E-state index contributed by atoms with van der Waals surface area (Å²) in [5.74, 6) is 0. The van der Waals surface area contributed by atoms with Gasteiger partial charge in [0, 0.05) is 12.1 Å². The maximum atomic E-state index is 6.78. The molecule has 0 saturated carbocycles. The molecular weight excluding hydrogens is 500 g/mol. The third kappa shape index (κ3) is 13.9. The van der Waals surface area contributed by atoms with E-state index in [-0.39, 0.29) is 26.8 Å². The van der Waals surface area contributed by atoms with E-state index >= 15 is 0 Å². The van der Waals surface area contributed by atoms with Crippen LogP contribution in [0.4, 0.5) is 0 Å².